The van der Waals surface area contributed by atoms with E-state index in [9.17, 15) is 5.11 Å². The second-order valence-electron chi connectivity index (χ2n) is 4.15. The molecule has 1 aliphatic rings. The van der Waals surface area contributed by atoms with Crippen molar-refractivity contribution in [2.45, 2.75) is 27.2 Å². The average molecular weight is 178 g/mol. The molecule has 0 radical (unpaired) electrons. The Morgan fingerprint density at radius 2 is 2.23 bits per heavy atom. The Morgan fingerprint density at radius 1 is 1.54 bits per heavy atom. The van der Waals surface area contributed by atoms with Gasteiger partial charge in [-0.15, -0.1) is 5.92 Å². The highest BCUT2D eigenvalue weighted by molar-refractivity contribution is 5.18. The fourth-order valence-electron chi connectivity index (χ4n) is 2.12. The van der Waals surface area contributed by atoms with E-state index < -0.39 is 0 Å². The van der Waals surface area contributed by atoms with E-state index in [4.69, 9.17) is 0 Å². The molecule has 0 aromatic rings. The Labute approximate surface area is 80.9 Å². The molecule has 0 aromatic carbocycles. The van der Waals surface area contributed by atoms with Crippen LogP contribution in [-0.4, -0.2) is 11.7 Å². The Hall–Kier alpha value is -0.740. The van der Waals surface area contributed by atoms with Crippen molar-refractivity contribution in [1.29, 1.82) is 0 Å². The first-order valence-corrected chi connectivity index (χ1v) is 4.85. The summed E-state index contributed by atoms with van der Waals surface area (Å²) in [6, 6.07) is 0. The molecule has 0 bridgehead atoms. The molecule has 0 aliphatic heterocycles. The van der Waals surface area contributed by atoms with Crippen molar-refractivity contribution < 1.29 is 5.11 Å². The molecule has 1 rings (SSSR count). The van der Waals surface area contributed by atoms with E-state index in [1.807, 2.05) is 6.92 Å². The van der Waals surface area contributed by atoms with E-state index in [-0.39, 0.29) is 17.9 Å². The van der Waals surface area contributed by atoms with Gasteiger partial charge in [0.15, 0.2) is 0 Å². The van der Waals surface area contributed by atoms with Crippen LogP contribution in [0.2, 0.25) is 0 Å². The number of aliphatic hydroxyl groups excluding tert-OH is 1. The lowest BCUT2D eigenvalue weighted by atomic mass is 9.68. The van der Waals surface area contributed by atoms with Crippen molar-refractivity contribution in [3.63, 3.8) is 0 Å². The minimum atomic E-state index is -0.0301. The van der Waals surface area contributed by atoms with Gasteiger partial charge in [0.2, 0.25) is 0 Å². The van der Waals surface area contributed by atoms with Gasteiger partial charge in [-0.3, -0.25) is 0 Å². The summed E-state index contributed by atoms with van der Waals surface area (Å²) in [6.07, 6.45) is 5.34. The fraction of sp³-hybridized carbons (Fsp3) is 0.667. The van der Waals surface area contributed by atoms with Crippen LogP contribution in [0, 0.1) is 29.1 Å². The molecule has 0 unspecified atom stereocenters. The second-order valence-corrected chi connectivity index (χ2v) is 4.15. The Bertz CT molecular complexity index is 256. The van der Waals surface area contributed by atoms with Crippen molar-refractivity contribution in [1.82, 2.24) is 0 Å². The minimum Gasteiger partial charge on any atom is -0.396 e. The molecule has 1 heteroatoms. The van der Waals surface area contributed by atoms with Crippen LogP contribution in [0.25, 0.3) is 0 Å². The van der Waals surface area contributed by atoms with Crippen molar-refractivity contribution in [3.8, 4) is 11.8 Å². The van der Waals surface area contributed by atoms with E-state index in [1.165, 1.54) is 0 Å². The zero-order valence-corrected chi connectivity index (χ0v) is 8.67. The van der Waals surface area contributed by atoms with E-state index in [2.05, 4.69) is 37.8 Å². The lowest BCUT2D eigenvalue weighted by Crippen LogP contribution is -2.32. The summed E-state index contributed by atoms with van der Waals surface area (Å²) in [5.41, 5.74) is -0.0301. The van der Waals surface area contributed by atoms with Crippen LogP contribution in [0.3, 0.4) is 0 Å². The average Bonchev–Trinajstić information content (AvgIpc) is 2.04. The Balaban J connectivity index is 2.91. The highest BCUT2D eigenvalue weighted by Crippen LogP contribution is 2.38. The number of hydrogen-bond donors (Lipinski definition) is 1. The monoisotopic (exact) mass is 178 g/mol. The maximum atomic E-state index is 9.22. The van der Waals surface area contributed by atoms with Gasteiger partial charge in [0.05, 0.1) is 6.61 Å². The summed E-state index contributed by atoms with van der Waals surface area (Å²) < 4.78 is 0. The number of allylic oxidation sites excluding steroid dienone is 1. The summed E-state index contributed by atoms with van der Waals surface area (Å²) in [5, 5.41) is 9.22. The molecule has 1 nitrogen and oxygen atoms in total. The van der Waals surface area contributed by atoms with Gasteiger partial charge in [0.25, 0.3) is 0 Å². The van der Waals surface area contributed by atoms with Gasteiger partial charge in [-0.05, 0) is 26.2 Å². The van der Waals surface area contributed by atoms with Crippen molar-refractivity contribution in [2.75, 3.05) is 6.61 Å². The number of hydrogen-bond acceptors (Lipinski definition) is 1. The molecule has 72 valence electrons. The predicted molar refractivity (Wildman–Crippen MR) is 55.1 cm³/mol. The van der Waals surface area contributed by atoms with Gasteiger partial charge < -0.3 is 5.11 Å². The third-order valence-electron chi connectivity index (χ3n) is 2.84. The molecule has 0 amide bonds. The summed E-state index contributed by atoms with van der Waals surface area (Å²) >= 11 is 0. The van der Waals surface area contributed by atoms with Crippen molar-refractivity contribution in [2.24, 2.45) is 17.3 Å². The van der Waals surface area contributed by atoms with Gasteiger partial charge >= 0.3 is 0 Å². The fourth-order valence-corrected chi connectivity index (χ4v) is 2.12. The number of aliphatic hydroxyl groups is 1. The maximum Gasteiger partial charge on any atom is 0.0508 e. The minimum absolute atomic E-state index is 0.0301. The molecule has 0 saturated heterocycles. The van der Waals surface area contributed by atoms with Crippen LogP contribution in [0.5, 0.6) is 0 Å². The first kappa shape index (κ1) is 10.3. The predicted octanol–water partition coefficient (Wildman–Crippen LogP) is 2.22. The summed E-state index contributed by atoms with van der Waals surface area (Å²) in [6.45, 7) is 6.40. The molecular formula is C12H18O. The standard InChI is InChI=1S/C12H18O/c1-4-7-12(3)8-10(2)5-6-11(12)9-13/h5-6,10-11,13H,8-9H2,1-3H3/t10-,11-,12-/m1/s1. The van der Waals surface area contributed by atoms with E-state index in [1.54, 1.807) is 0 Å². The van der Waals surface area contributed by atoms with E-state index in [0.717, 1.165) is 6.42 Å². The van der Waals surface area contributed by atoms with Crippen molar-refractivity contribution >= 4 is 0 Å². The van der Waals surface area contributed by atoms with Crippen LogP contribution in [-0.2, 0) is 0 Å². The van der Waals surface area contributed by atoms with E-state index in [0.29, 0.717) is 5.92 Å². The zero-order valence-electron chi connectivity index (χ0n) is 8.67. The van der Waals surface area contributed by atoms with E-state index >= 15 is 0 Å². The van der Waals surface area contributed by atoms with Crippen LogP contribution in [0.1, 0.15) is 27.2 Å². The number of rotatable bonds is 1. The molecule has 13 heavy (non-hydrogen) atoms. The highest BCUT2D eigenvalue weighted by atomic mass is 16.3. The lowest BCUT2D eigenvalue weighted by Gasteiger charge is -2.35. The molecule has 0 spiro atoms. The highest BCUT2D eigenvalue weighted by Gasteiger charge is 2.34. The third kappa shape index (κ3) is 2.14. The lowest BCUT2D eigenvalue weighted by molar-refractivity contribution is 0.155. The van der Waals surface area contributed by atoms with Gasteiger partial charge in [0, 0.05) is 11.3 Å². The molecular weight excluding hydrogens is 160 g/mol. The Kier molecular flexibility index (Phi) is 3.17. The smallest absolute Gasteiger partial charge is 0.0508 e. The normalized spacial score (nSPS) is 38.2. The molecule has 3 atom stereocenters. The molecule has 0 heterocycles. The topological polar surface area (TPSA) is 20.2 Å². The van der Waals surface area contributed by atoms with Gasteiger partial charge in [-0.1, -0.05) is 25.0 Å². The first-order valence-electron chi connectivity index (χ1n) is 4.85. The summed E-state index contributed by atoms with van der Waals surface area (Å²) in [4.78, 5) is 0. The van der Waals surface area contributed by atoms with Crippen LogP contribution in [0.4, 0.5) is 0 Å². The molecule has 1 N–H and O–H groups in total. The van der Waals surface area contributed by atoms with Crippen LogP contribution in [0.15, 0.2) is 12.2 Å². The van der Waals surface area contributed by atoms with Crippen LogP contribution < -0.4 is 0 Å². The molecule has 0 fully saturated rings. The quantitative estimate of drug-likeness (QED) is 0.482. The third-order valence-corrected chi connectivity index (χ3v) is 2.84. The van der Waals surface area contributed by atoms with Gasteiger partial charge in [-0.25, -0.2) is 0 Å². The summed E-state index contributed by atoms with van der Waals surface area (Å²) in [7, 11) is 0. The Morgan fingerprint density at radius 3 is 2.77 bits per heavy atom. The van der Waals surface area contributed by atoms with Gasteiger partial charge in [-0.2, -0.15) is 0 Å². The molecule has 0 saturated carbocycles. The van der Waals surface area contributed by atoms with Gasteiger partial charge in [0.1, 0.15) is 0 Å². The first-order chi connectivity index (χ1) is 6.12. The molecule has 0 aromatic heterocycles. The SMILES string of the molecule is CC#C[C@]1(C)C[C@H](C)C=C[C@@H]1CO. The zero-order chi connectivity index (χ0) is 9.90. The summed E-state index contributed by atoms with van der Waals surface area (Å²) in [5.74, 6) is 6.98. The van der Waals surface area contributed by atoms with Crippen molar-refractivity contribution in [3.05, 3.63) is 12.2 Å². The van der Waals surface area contributed by atoms with Crippen LogP contribution >= 0.6 is 0 Å². The largest absolute Gasteiger partial charge is 0.396 e. The maximum absolute atomic E-state index is 9.22. The molecule has 1 aliphatic carbocycles. The second kappa shape index (κ2) is 3.98.